The van der Waals surface area contributed by atoms with E-state index < -0.39 is 0 Å². The first kappa shape index (κ1) is 20.8. The molecule has 1 saturated carbocycles. The second-order valence-electron chi connectivity index (χ2n) is 9.02. The Hall–Kier alpha value is -1.89. The van der Waals surface area contributed by atoms with Gasteiger partial charge in [-0.15, -0.1) is 0 Å². The van der Waals surface area contributed by atoms with Crippen LogP contribution in [-0.2, 0) is 12.8 Å². The molecule has 1 fully saturated rings. The molecule has 150 valence electrons. The monoisotopic (exact) mass is 375 g/mol. The molecule has 1 aromatic heterocycles. The highest BCUT2D eigenvalue weighted by atomic mass is 14.7. The van der Waals surface area contributed by atoms with Gasteiger partial charge in [0.25, 0.3) is 0 Å². The molecule has 0 atom stereocenters. The minimum Gasteiger partial charge on any atom is -0.258 e. The van der Waals surface area contributed by atoms with Crippen LogP contribution in [0, 0.1) is 40.5 Å². The summed E-state index contributed by atoms with van der Waals surface area (Å²) >= 11 is 0. The van der Waals surface area contributed by atoms with E-state index in [0.717, 1.165) is 24.5 Å². The van der Waals surface area contributed by atoms with Gasteiger partial charge in [-0.2, -0.15) is 0 Å². The molecular formula is C27H37N. The summed E-state index contributed by atoms with van der Waals surface area (Å²) in [5.41, 5.74) is 12.4. The molecule has 0 aliphatic heterocycles. The summed E-state index contributed by atoms with van der Waals surface area (Å²) in [5.74, 6) is 1.02. The standard InChI is InChI=1S/C27H37N/c1-18-15-20(3)26(21(4)16-18)12-7-9-19(2)27-23(6)28-22(5)17-25(27)11-8-10-24-13-14-24/h9,15-17,24H,7-8,10-14H2,1-6H3/b19-9-. The fourth-order valence-corrected chi connectivity index (χ4v) is 4.77. The molecular weight excluding hydrogens is 338 g/mol. The molecule has 0 spiro atoms. The van der Waals surface area contributed by atoms with Gasteiger partial charge in [-0.25, -0.2) is 0 Å². The van der Waals surface area contributed by atoms with Crippen LogP contribution in [0.5, 0.6) is 0 Å². The lowest BCUT2D eigenvalue weighted by Gasteiger charge is -2.15. The summed E-state index contributed by atoms with van der Waals surface area (Å²) in [6.07, 6.45) is 11.5. The Morgan fingerprint density at radius 3 is 2.32 bits per heavy atom. The highest BCUT2D eigenvalue weighted by molar-refractivity contribution is 5.68. The lowest BCUT2D eigenvalue weighted by atomic mass is 9.92. The third-order valence-electron chi connectivity index (χ3n) is 6.25. The van der Waals surface area contributed by atoms with Crippen molar-refractivity contribution in [2.24, 2.45) is 5.92 Å². The van der Waals surface area contributed by atoms with Crippen LogP contribution in [0.1, 0.15) is 83.8 Å². The number of hydrogen-bond donors (Lipinski definition) is 0. The number of pyridine rings is 1. The molecule has 1 nitrogen and oxygen atoms in total. The molecule has 0 N–H and O–H groups in total. The van der Waals surface area contributed by atoms with Crippen LogP contribution in [0.2, 0.25) is 0 Å². The molecule has 0 saturated heterocycles. The zero-order valence-electron chi connectivity index (χ0n) is 18.8. The number of hydrogen-bond acceptors (Lipinski definition) is 1. The molecule has 0 unspecified atom stereocenters. The van der Waals surface area contributed by atoms with Gasteiger partial charge in [-0.1, -0.05) is 43.0 Å². The smallest absolute Gasteiger partial charge is 0.0453 e. The molecule has 1 heteroatoms. The largest absolute Gasteiger partial charge is 0.258 e. The molecule has 2 aromatic rings. The molecule has 1 aliphatic carbocycles. The fourth-order valence-electron chi connectivity index (χ4n) is 4.77. The van der Waals surface area contributed by atoms with E-state index in [0.29, 0.717) is 0 Å². The Morgan fingerprint density at radius 1 is 1.00 bits per heavy atom. The Labute approximate surface area is 172 Å². The van der Waals surface area contributed by atoms with Gasteiger partial charge in [-0.05, 0) is 107 Å². The van der Waals surface area contributed by atoms with Gasteiger partial charge in [0.15, 0.2) is 0 Å². The first-order chi connectivity index (χ1) is 13.3. The first-order valence-corrected chi connectivity index (χ1v) is 11.1. The topological polar surface area (TPSA) is 12.9 Å². The van der Waals surface area contributed by atoms with Crippen molar-refractivity contribution in [2.75, 3.05) is 0 Å². The number of aromatic nitrogens is 1. The van der Waals surface area contributed by atoms with Gasteiger partial charge in [0.1, 0.15) is 0 Å². The van der Waals surface area contributed by atoms with Crippen molar-refractivity contribution < 1.29 is 0 Å². The highest BCUT2D eigenvalue weighted by Gasteiger charge is 2.20. The molecule has 3 rings (SSSR count). The third kappa shape index (κ3) is 5.34. The van der Waals surface area contributed by atoms with E-state index in [1.807, 2.05) is 0 Å². The highest BCUT2D eigenvalue weighted by Crippen LogP contribution is 2.34. The van der Waals surface area contributed by atoms with E-state index in [1.165, 1.54) is 76.8 Å². The average Bonchev–Trinajstić information content (AvgIpc) is 3.40. The molecule has 0 amide bonds. The van der Waals surface area contributed by atoms with Gasteiger partial charge in [0.2, 0.25) is 0 Å². The minimum absolute atomic E-state index is 1.02. The lowest BCUT2D eigenvalue weighted by molar-refractivity contribution is 0.665. The number of benzene rings is 1. The van der Waals surface area contributed by atoms with Gasteiger partial charge in [-0.3, -0.25) is 4.98 Å². The number of nitrogens with zero attached hydrogens (tertiary/aromatic N) is 1. The van der Waals surface area contributed by atoms with Crippen LogP contribution in [0.25, 0.3) is 5.57 Å². The van der Waals surface area contributed by atoms with Crippen molar-refractivity contribution in [1.82, 2.24) is 4.98 Å². The molecule has 28 heavy (non-hydrogen) atoms. The SMILES string of the molecule is C/C(=C/CCc1c(C)cc(C)cc1C)c1c(CCCC2CC2)cc(C)nc1C. The van der Waals surface area contributed by atoms with Crippen LogP contribution in [0.15, 0.2) is 24.3 Å². The van der Waals surface area contributed by atoms with E-state index in [4.69, 9.17) is 4.98 Å². The van der Waals surface area contributed by atoms with Crippen LogP contribution in [-0.4, -0.2) is 4.98 Å². The van der Waals surface area contributed by atoms with Crippen LogP contribution >= 0.6 is 0 Å². The predicted octanol–water partition coefficient (Wildman–Crippen LogP) is 7.39. The Balaban J connectivity index is 1.74. The maximum atomic E-state index is 4.77. The van der Waals surface area contributed by atoms with Crippen LogP contribution in [0.3, 0.4) is 0 Å². The zero-order valence-corrected chi connectivity index (χ0v) is 18.8. The van der Waals surface area contributed by atoms with Gasteiger partial charge >= 0.3 is 0 Å². The normalized spacial score (nSPS) is 14.6. The second kappa shape index (κ2) is 9.07. The van der Waals surface area contributed by atoms with Gasteiger partial charge in [0.05, 0.1) is 0 Å². The summed E-state index contributed by atoms with van der Waals surface area (Å²) in [5, 5.41) is 0. The van der Waals surface area contributed by atoms with Crippen LogP contribution in [0.4, 0.5) is 0 Å². The Kier molecular flexibility index (Phi) is 6.75. The number of rotatable bonds is 8. The summed E-state index contributed by atoms with van der Waals surface area (Å²) in [7, 11) is 0. The number of allylic oxidation sites excluding steroid dienone is 2. The molecule has 0 bridgehead atoms. The van der Waals surface area contributed by atoms with Crippen molar-refractivity contribution in [2.45, 2.75) is 86.5 Å². The predicted molar refractivity (Wildman–Crippen MR) is 122 cm³/mol. The lowest BCUT2D eigenvalue weighted by Crippen LogP contribution is -2.01. The average molecular weight is 376 g/mol. The Morgan fingerprint density at radius 2 is 1.68 bits per heavy atom. The molecule has 1 aliphatic rings. The van der Waals surface area contributed by atoms with Crippen molar-refractivity contribution in [3.8, 4) is 0 Å². The summed E-state index contributed by atoms with van der Waals surface area (Å²) in [4.78, 5) is 4.77. The van der Waals surface area contributed by atoms with Crippen molar-refractivity contribution in [3.05, 3.63) is 69.0 Å². The van der Waals surface area contributed by atoms with E-state index in [1.54, 1.807) is 0 Å². The Bertz CT molecular complexity index is 845. The first-order valence-electron chi connectivity index (χ1n) is 11.1. The maximum Gasteiger partial charge on any atom is 0.0453 e. The van der Waals surface area contributed by atoms with Gasteiger partial charge < -0.3 is 0 Å². The molecule has 1 heterocycles. The fraction of sp³-hybridized carbons (Fsp3) is 0.519. The molecule has 1 aromatic carbocycles. The zero-order chi connectivity index (χ0) is 20.3. The van der Waals surface area contributed by atoms with Crippen LogP contribution < -0.4 is 0 Å². The van der Waals surface area contributed by atoms with Gasteiger partial charge in [0, 0.05) is 17.0 Å². The van der Waals surface area contributed by atoms with E-state index in [-0.39, 0.29) is 0 Å². The van der Waals surface area contributed by atoms with E-state index >= 15 is 0 Å². The number of aryl methyl sites for hydroxylation is 6. The van der Waals surface area contributed by atoms with Crippen molar-refractivity contribution >= 4 is 5.57 Å². The van der Waals surface area contributed by atoms with Crippen molar-refractivity contribution in [1.29, 1.82) is 0 Å². The van der Waals surface area contributed by atoms with E-state index in [9.17, 15) is 0 Å². The summed E-state index contributed by atoms with van der Waals surface area (Å²) < 4.78 is 0. The maximum absolute atomic E-state index is 4.77. The third-order valence-corrected chi connectivity index (χ3v) is 6.25. The summed E-state index contributed by atoms with van der Waals surface area (Å²) in [6, 6.07) is 6.94. The van der Waals surface area contributed by atoms with Crippen molar-refractivity contribution in [3.63, 3.8) is 0 Å². The quantitative estimate of drug-likeness (QED) is 0.468. The van der Waals surface area contributed by atoms with E-state index in [2.05, 4.69) is 65.8 Å². The second-order valence-corrected chi connectivity index (χ2v) is 9.02. The minimum atomic E-state index is 1.02. The summed E-state index contributed by atoms with van der Waals surface area (Å²) in [6.45, 7) is 13.3. The molecule has 0 radical (unpaired) electrons.